The molecule has 2 unspecified atom stereocenters. The Hall–Kier alpha value is -6.31. The predicted octanol–water partition coefficient (Wildman–Crippen LogP) is 8.76. The zero-order chi connectivity index (χ0) is 53.0. The summed E-state index contributed by atoms with van der Waals surface area (Å²) in [5, 5.41) is 34.6. The third-order valence-corrected chi connectivity index (χ3v) is 17.4. The molecule has 0 bridgehead atoms. The van der Waals surface area contributed by atoms with Gasteiger partial charge in [-0.3, -0.25) is 9.59 Å². The highest BCUT2D eigenvalue weighted by molar-refractivity contribution is 7.21. The minimum absolute atomic E-state index is 0.0328. The highest BCUT2D eigenvalue weighted by Crippen LogP contribution is 2.44. The smallest absolute Gasteiger partial charge is 0.397 e. The van der Waals surface area contributed by atoms with Crippen molar-refractivity contribution in [3.63, 3.8) is 0 Å². The van der Waals surface area contributed by atoms with Crippen molar-refractivity contribution in [2.45, 2.75) is 75.9 Å². The van der Waals surface area contributed by atoms with Gasteiger partial charge in [-0.05, 0) is 60.9 Å². The number of aryl methyl sites for hydroxylation is 1. The molecular weight excluding hydrogens is 1040 g/mol. The number of nitrogens with zero attached hydrogens (tertiary/aromatic N) is 6. The molecule has 8 aromatic rings. The van der Waals surface area contributed by atoms with Crippen molar-refractivity contribution >= 4 is 101 Å². The number of carbonyl (C=O) groups is 2. The summed E-state index contributed by atoms with van der Waals surface area (Å²) in [6, 6.07) is 19.1. The van der Waals surface area contributed by atoms with Crippen LogP contribution in [0.1, 0.15) is 92.8 Å². The Labute approximate surface area is 446 Å². The number of alkyl halides is 3. The molecule has 6 aromatic heterocycles. The van der Waals surface area contributed by atoms with Crippen molar-refractivity contribution in [3.05, 3.63) is 116 Å². The van der Waals surface area contributed by atoms with Gasteiger partial charge in [-0.1, -0.05) is 61.9 Å². The molecule has 2 aromatic carbocycles. The van der Waals surface area contributed by atoms with Crippen LogP contribution in [0.4, 0.5) is 36.2 Å². The number of anilines is 4. The van der Waals surface area contributed by atoms with E-state index in [9.17, 15) is 33.0 Å². The van der Waals surface area contributed by atoms with Crippen LogP contribution in [0, 0.1) is 0 Å². The van der Waals surface area contributed by atoms with Gasteiger partial charge in [-0.2, -0.15) is 13.2 Å². The van der Waals surface area contributed by atoms with Gasteiger partial charge in [0.1, 0.15) is 41.1 Å². The lowest BCUT2D eigenvalue weighted by Crippen LogP contribution is -2.44. The Bertz CT molecular complexity index is 3230. The molecule has 2 atom stereocenters. The Morgan fingerprint density at radius 3 is 1.52 bits per heavy atom. The molecule has 2 saturated heterocycles. The number of thiophene rings is 2. The maximum atomic E-state index is 13.9. The summed E-state index contributed by atoms with van der Waals surface area (Å²) in [5.74, 6) is -0.285. The highest BCUT2D eigenvalue weighted by atomic mass is 32.1. The molecule has 0 spiro atoms. The number of aliphatic hydroxyl groups excluding tert-OH is 2. The van der Waals surface area contributed by atoms with Crippen molar-refractivity contribution in [3.8, 4) is 21.1 Å². The number of hydrogen-bond donors (Lipinski definition) is 8. The van der Waals surface area contributed by atoms with E-state index in [4.69, 9.17) is 27.9 Å². The predicted molar refractivity (Wildman–Crippen MR) is 296 cm³/mol. The van der Waals surface area contributed by atoms with Gasteiger partial charge in [0.2, 0.25) is 0 Å². The molecule has 16 nitrogen and oxygen atoms in total. The van der Waals surface area contributed by atoms with Gasteiger partial charge in [0.15, 0.2) is 0 Å². The van der Waals surface area contributed by atoms with Crippen LogP contribution in [-0.4, -0.2) is 93.3 Å². The van der Waals surface area contributed by atoms with Crippen molar-refractivity contribution in [1.29, 1.82) is 0 Å². The molecule has 394 valence electrons. The normalized spacial score (nSPS) is 15.5. The maximum Gasteiger partial charge on any atom is 0.417 e. The summed E-state index contributed by atoms with van der Waals surface area (Å²) >= 11 is 5.20. The van der Waals surface area contributed by atoms with E-state index in [1.165, 1.54) is 11.3 Å². The number of fused-ring (bicyclic) bond motifs is 2. The summed E-state index contributed by atoms with van der Waals surface area (Å²) in [7, 11) is 0. The number of amides is 2. The number of primary amides is 2. The van der Waals surface area contributed by atoms with E-state index in [0.717, 1.165) is 110 Å². The topological polar surface area (TPSA) is 261 Å². The zero-order valence-corrected chi connectivity index (χ0v) is 44.1. The first-order chi connectivity index (χ1) is 36.1. The number of pyridine rings is 2. The van der Waals surface area contributed by atoms with E-state index in [0.29, 0.717) is 55.6 Å². The third-order valence-electron chi connectivity index (χ3n) is 13.5. The van der Waals surface area contributed by atoms with Crippen LogP contribution in [0.15, 0.2) is 83.8 Å². The molecule has 2 fully saturated rings. The Morgan fingerprint density at radius 1 is 0.693 bits per heavy atom. The first-order valence-electron chi connectivity index (χ1n) is 24.5. The van der Waals surface area contributed by atoms with Gasteiger partial charge < -0.3 is 53.6 Å². The van der Waals surface area contributed by atoms with Crippen LogP contribution in [0.25, 0.3) is 41.6 Å². The van der Waals surface area contributed by atoms with Gasteiger partial charge in [-0.15, -0.1) is 45.3 Å². The fraction of sp³-hybridized carbons (Fsp3) is 0.346. The van der Waals surface area contributed by atoms with Gasteiger partial charge in [0.25, 0.3) is 11.8 Å². The zero-order valence-electron chi connectivity index (χ0n) is 40.8. The molecule has 10 rings (SSSR count). The van der Waals surface area contributed by atoms with Gasteiger partial charge in [-0.25, -0.2) is 19.9 Å². The minimum Gasteiger partial charge on any atom is -0.397 e. The Kier molecular flexibility index (Phi) is 16.6. The number of rotatable bonds is 16. The van der Waals surface area contributed by atoms with Crippen LogP contribution in [0.5, 0.6) is 0 Å². The molecule has 2 amide bonds. The first kappa shape index (κ1) is 53.5. The number of piperidine rings is 2. The number of halogens is 3. The summed E-state index contributed by atoms with van der Waals surface area (Å²) in [4.78, 5) is 46.5. The molecule has 0 radical (unpaired) electrons. The average molecular weight is 1100 g/mol. The standard InChI is InChI=1S/C27H32N6O2S2.C25H25F3N6O2S2/c1-2-3-18-14-21(32-27-22(18)23(28)24(37-27)25(29)35)33-11-8-19(9-12-33)31-15-20(34)16-4-6-17(7-5-16)26-30-10-13-36-26;26-25(27,28)16-11-18(33-24-19(16)20(29)21(38-24)22(30)36)34-8-5-15(6-9-34)32-12-17(35)13-1-3-14(4-2-13)23-31-7-10-37-23/h4-7,10,13-14,19-20,31,34H,2-3,8-9,11-12,15,28H2,1H3,(H2,29,35);1-4,7,10-11,15,17,32,35H,5-6,8-9,12,29H2,(H2,30,36). The van der Waals surface area contributed by atoms with E-state index in [1.54, 1.807) is 40.0 Å². The van der Waals surface area contributed by atoms with Crippen molar-refractivity contribution in [2.24, 2.45) is 11.5 Å². The van der Waals surface area contributed by atoms with Crippen LogP contribution in [0.2, 0.25) is 0 Å². The third kappa shape index (κ3) is 12.2. The number of aliphatic hydroxyl groups is 2. The number of nitrogens with two attached hydrogens (primary N) is 4. The van der Waals surface area contributed by atoms with Crippen LogP contribution >= 0.6 is 45.3 Å². The number of hydrogen-bond acceptors (Lipinski definition) is 18. The minimum atomic E-state index is -4.67. The first-order valence-corrected chi connectivity index (χ1v) is 27.9. The monoisotopic (exact) mass is 1100 g/mol. The fourth-order valence-corrected chi connectivity index (χ4v) is 12.8. The van der Waals surface area contributed by atoms with Crippen LogP contribution < -0.4 is 43.4 Å². The lowest BCUT2D eigenvalue weighted by Gasteiger charge is -2.34. The molecule has 75 heavy (non-hydrogen) atoms. The summed E-state index contributed by atoms with van der Waals surface area (Å²) in [6.07, 6.45) is 2.70. The van der Waals surface area contributed by atoms with Crippen molar-refractivity contribution in [1.82, 2.24) is 30.6 Å². The van der Waals surface area contributed by atoms with E-state index < -0.39 is 35.8 Å². The van der Waals surface area contributed by atoms with E-state index >= 15 is 0 Å². The lowest BCUT2D eigenvalue weighted by molar-refractivity contribution is -0.136. The van der Waals surface area contributed by atoms with Crippen molar-refractivity contribution < 1.29 is 33.0 Å². The number of thiazole rings is 2. The largest absolute Gasteiger partial charge is 0.417 e. The molecule has 0 aliphatic carbocycles. The SMILES string of the molecule is CCCc1cc(N2CCC(NCC(O)c3ccc(-c4nccs4)cc3)CC2)nc2sc(C(N)=O)c(N)c12.NC(=O)c1sc2nc(N3CCC(NCC(O)c4ccc(-c5nccs5)cc4)CC3)cc(C(F)(F)F)c2c1N. The Balaban J connectivity index is 0.000000184. The molecule has 0 saturated carbocycles. The second kappa shape index (κ2) is 23.3. The maximum absolute atomic E-state index is 13.9. The quantitative estimate of drug-likeness (QED) is 0.0450. The highest BCUT2D eigenvalue weighted by Gasteiger charge is 2.37. The van der Waals surface area contributed by atoms with Gasteiger partial charge in [0.05, 0.1) is 29.1 Å². The molecule has 8 heterocycles. The lowest BCUT2D eigenvalue weighted by atomic mass is 10.0. The number of benzene rings is 2. The molecule has 12 N–H and O–H groups in total. The van der Waals surface area contributed by atoms with E-state index in [-0.39, 0.29) is 32.6 Å². The van der Waals surface area contributed by atoms with Gasteiger partial charge in [0, 0.05) is 96.4 Å². The summed E-state index contributed by atoms with van der Waals surface area (Å²) in [5.41, 5.74) is 27.0. The van der Waals surface area contributed by atoms with E-state index in [1.807, 2.05) is 59.3 Å². The molecule has 2 aliphatic heterocycles. The summed E-state index contributed by atoms with van der Waals surface area (Å²) in [6.45, 7) is 5.69. The Morgan fingerprint density at radius 2 is 1.12 bits per heavy atom. The molecule has 2 aliphatic rings. The van der Waals surface area contributed by atoms with Crippen molar-refractivity contribution in [2.75, 3.05) is 60.5 Å². The van der Waals surface area contributed by atoms with Crippen LogP contribution in [-0.2, 0) is 12.6 Å². The molecular formula is C52H57F3N12O4S4. The molecule has 23 heteroatoms. The van der Waals surface area contributed by atoms with E-state index in [2.05, 4.69) is 43.5 Å². The van der Waals surface area contributed by atoms with Crippen LogP contribution in [0.3, 0.4) is 0 Å². The number of carbonyl (C=O) groups excluding carboxylic acids is 2. The fourth-order valence-electron chi connectivity index (χ4n) is 9.52. The number of nitrogens with one attached hydrogen (secondary N) is 2. The summed E-state index contributed by atoms with van der Waals surface area (Å²) < 4.78 is 41.6. The van der Waals surface area contributed by atoms with Gasteiger partial charge >= 0.3 is 6.18 Å². The second-order valence-corrected chi connectivity index (χ2v) is 22.3. The second-order valence-electron chi connectivity index (χ2n) is 18.5. The number of nitrogen functional groups attached to an aromatic ring is 2. The average Bonchev–Trinajstić information content (AvgIpc) is 4.27. The number of aromatic nitrogens is 4.